The Bertz CT molecular complexity index is 401. The first-order valence-electron chi connectivity index (χ1n) is 8.28. The summed E-state index contributed by atoms with van der Waals surface area (Å²) in [7, 11) is 2.22. The molecule has 1 aromatic heterocycles. The van der Waals surface area contributed by atoms with Gasteiger partial charge in [-0.2, -0.15) is 0 Å². The average molecular weight is 290 g/mol. The quantitative estimate of drug-likeness (QED) is 0.873. The van der Waals surface area contributed by atoms with Crippen LogP contribution in [0.3, 0.4) is 0 Å². The Kier molecular flexibility index (Phi) is 6.15. The van der Waals surface area contributed by atoms with Crippen LogP contribution in [0.25, 0.3) is 0 Å². The van der Waals surface area contributed by atoms with Crippen molar-refractivity contribution in [3.8, 4) is 0 Å². The van der Waals surface area contributed by atoms with Crippen molar-refractivity contribution in [2.24, 2.45) is 5.73 Å². The van der Waals surface area contributed by atoms with Crippen LogP contribution < -0.4 is 5.73 Å². The summed E-state index contributed by atoms with van der Waals surface area (Å²) in [5.41, 5.74) is 7.52. The third-order valence-electron chi connectivity index (χ3n) is 4.89. The molecule has 2 N–H and O–H groups in total. The standard InChI is InChI=1S/C17H30N4/c1-4-15(18)17(16-8-6-7-11-19-16)20(3)14-9-12-21(5-2)13-10-14/h6-8,11,14-15,17H,4-5,9-10,12-13,18H2,1-3H3. The first-order chi connectivity index (χ1) is 10.2. The van der Waals surface area contributed by atoms with Gasteiger partial charge in [-0.25, -0.2) is 0 Å². The van der Waals surface area contributed by atoms with Gasteiger partial charge in [0, 0.05) is 18.3 Å². The van der Waals surface area contributed by atoms with E-state index < -0.39 is 0 Å². The van der Waals surface area contributed by atoms with Crippen molar-refractivity contribution in [1.82, 2.24) is 14.8 Å². The maximum atomic E-state index is 6.42. The van der Waals surface area contributed by atoms with Gasteiger partial charge in [-0.15, -0.1) is 0 Å². The lowest BCUT2D eigenvalue weighted by Crippen LogP contribution is -2.48. The second-order valence-corrected chi connectivity index (χ2v) is 6.10. The Labute approximate surface area is 129 Å². The molecule has 2 heterocycles. The van der Waals surface area contributed by atoms with Gasteiger partial charge in [0.2, 0.25) is 0 Å². The molecule has 1 aromatic rings. The van der Waals surface area contributed by atoms with Crippen molar-refractivity contribution in [1.29, 1.82) is 0 Å². The number of pyridine rings is 1. The Morgan fingerprint density at radius 2 is 2.05 bits per heavy atom. The fourth-order valence-electron chi connectivity index (χ4n) is 3.37. The fraction of sp³-hybridized carbons (Fsp3) is 0.706. The molecule has 4 nitrogen and oxygen atoms in total. The van der Waals surface area contributed by atoms with Crippen LogP contribution in [-0.2, 0) is 0 Å². The highest BCUT2D eigenvalue weighted by atomic mass is 15.2. The molecule has 0 aromatic carbocycles. The van der Waals surface area contributed by atoms with Crippen molar-refractivity contribution in [2.75, 3.05) is 26.7 Å². The molecule has 0 amide bonds. The van der Waals surface area contributed by atoms with Gasteiger partial charge in [-0.3, -0.25) is 9.88 Å². The van der Waals surface area contributed by atoms with Crippen LogP contribution in [0, 0.1) is 0 Å². The maximum Gasteiger partial charge on any atom is 0.0673 e. The van der Waals surface area contributed by atoms with E-state index in [1.807, 2.05) is 12.3 Å². The van der Waals surface area contributed by atoms with E-state index in [2.05, 4.69) is 47.8 Å². The van der Waals surface area contributed by atoms with E-state index in [1.165, 1.54) is 25.9 Å². The van der Waals surface area contributed by atoms with Crippen molar-refractivity contribution < 1.29 is 0 Å². The van der Waals surface area contributed by atoms with Crippen LogP contribution in [0.2, 0.25) is 0 Å². The number of likely N-dealkylation sites (tertiary alicyclic amines) is 1. The molecule has 1 aliphatic heterocycles. The minimum Gasteiger partial charge on any atom is -0.326 e. The minimum atomic E-state index is 0.133. The fourth-order valence-corrected chi connectivity index (χ4v) is 3.37. The first kappa shape index (κ1) is 16.4. The van der Waals surface area contributed by atoms with Crippen molar-refractivity contribution >= 4 is 0 Å². The molecule has 2 unspecified atom stereocenters. The topological polar surface area (TPSA) is 45.4 Å². The van der Waals surface area contributed by atoms with Gasteiger partial charge < -0.3 is 10.6 Å². The van der Waals surface area contributed by atoms with Gasteiger partial charge >= 0.3 is 0 Å². The summed E-state index contributed by atoms with van der Waals surface area (Å²) in [6, 6.07) is 7.10. The van der Waals surface area contributed by atoms with E-state index >= 15 is 0 Å². The normalized spacial score (nSPS) is 20.6. The predicted molar refractivity (Wildman–Crippen MR) is 88.1 cm³/mol. The zero-order valence-corrected chi connectivity index (χ0v) is 13.7. The smallest absolute Gasteiger partial charge is 0.0673 e. The number of likely N-dealkylation sites (N-methyl/N-ethyl adjacent to an activating group) is 1. The van der Waals surface area contributed by atoms with Crippen molar-refractivity contribution in [2.45, 2.75) is 51.2 Å². The summed E-state index contributed by atoms with van der Waals surface area (Å²) in [4.78, 5) is 9.57. The summed E-state index contributed by atoms with van der Waals surface area (Å²) in [5.74, 6) is 0. The Balaban J connectivity index is 2.10. The van der Waals surface area contributed by atoms with E-state index in [0.717, 1.165) is 18.7 Å². The summed E-state index contributed by atoms with van der Waals surface area (Å²) < 4.78 is 0. The molecule has 21 heavy (non-hydrogen) atoms. The van der Waals surface area contributed by atoms with Crippen LogP contribution in [0.5, 0.6) is 0 Å². The molecule has 4 heteroatoms. The highest BCUT2D eigenvalue weighted by Crippen LogP contribution is 2.27. The SMILES string of the molecule is CCC(N)C(c1ccccn1)N(C)C1CCN(CC)CC1. The molecule has 118 valence electrons. The summed E-state index contributed by atoms with van der Waals surface area (Å²) >= 11 is 0. The molecule has 0 bridgehead atoms. The third-order valence-corrected chi connectivity index (χ3v) is 4.89. The van der Waals surface area contributed by atoms with Gasteiger partial charge in [0.25, 0.3) is 0 Å². The molecular formula is C17H30N4. The third kappa shape index (κ3) is 4.02. The Morgan fingerprint density at radius 3 is 2.57 bits per heavy atom. The number of hydrogen-bond acceptors (Lipinski definition) is 4. The molecule has 1 fully saturated rings. The maximum absolute atomic E-state index is 6.42. The van der Waals surface area contributed by atoms with Crippen molar-refractivity contribution in [3.05, 3.63) is 30.1 Å². The van der Waals surface area contributed by atoms with Gasteiger partial charge in [0.05, 0.1) is 11.7 Å². The molecule has 0 spiro atoms. The summed E-state index contributed by atoms with van der Waals surface area (Å²) in [6.07, 6.45) is 5.30. The number of aromatic nitrogens is 1. The van der Waals surface area contributed by atoms with Crippen LogP contribution in [0.4, 0.5) is 0 Å². The second-order valence-electron chi connectivity index (χ2n) is 6.10. The monoisotopic (exact) mass is 290 g/mol. The molecule has 1 aliphatic rings. The number of nitrogens with two attached hydrogens (primary N) is 1. The predicted octanol–water partition coefficient (Wildman–Crippen LogP) is 2.28. The first-order valence-corrected chi connectivity index (χ1v) is 8.28. The molecule has 2 atom stereocenters. The zero-order chi connectivity index (χ0) is 15.2. The lowest BCUT2D eigenvalue weighted by Gasteiger charge is -2.41. The van der Waals surface area contributed by atoms with E-state index in [0.29, 0.717) is 6.04 Å². The lowest BCUT2D eigenvalue weighted by molar-refractivity contribution is 0.0847. The number of rotatable bonds is 6. The highest BCUT2D eigenvalue weighted by Gasteiger charge is 2.31. The van der Waals surface area contributed by atoms with Gasteiger partial charge in [0.15, 0.2) is 0 Å². The van der Waals surface area contributed by atoms with Crippen LogP contribution in [-0.4, -0.2) is 53.5 Å². The number of piperidine rings is 1. The average Bonchev–Trinajstić information content (AvgIpc) is 2.55. The molecule has 2 rings (SSSR count). The Morgan fingerprint density at radius 1 is 1.33 bits per heavy atom. The number of hydrogen-bond donors (Lipinski definition) is 1. The van der Waals surface area contributed by atoms with E-state index in [-0.39, 0.29) is 12.1 Å². The van der Waals surface area contributed by atoms with E-state index in [9.17, 15) is 0 Å². The van der Waals surface area contributed by atoms with Gasteiger partial charge in [0.1, 0.15) is 0 Å². The van der Waals surface area contributed by atoms with Crippen LogP contribution >= 0.6 is 0 Å². The van der Waals surface area contributed by atoms with Crippen LogP contribution in [0.1, 0.15) is 44.8 Å². The second kappa shape index (κ2) is 7.87. The van der Waals surface area contributed by atoms with Gasteiger partial charge in [-0.05, 0) is 58.1 Å². The Hall–Kier alpha value is -0.970. The summed E-state index contributed by atoms with van der Waals surface area (Å²) in [5, 5.41) is 0. The molecule has 0 aliphatic carbocycles. The minimum absolute atomic E-state index is 0.133. The van der Waals surface area contributed by atoms with Gasteiger partial charge in [-0.1, -0.05) is 19.9 Å². The van der Waals surface area contributed by atoms with E-state index in [4.69, 9.17) is 5.73 Å². The highest BCUT2D eigenvalue weighted by molar-refractivity contribution is 5.12. The molecule has 0 radical (unpaired) electrons. The summed E-state index contributed by atoms with van der Waals surface area (Å²) in [6.45, 7) is 7.96. The molecular weight excluding hydrogens is 260 g/mol. The van der Waals surface area contributed by atoms with Crippen LogP contribution in [0.15, 0.2) is 24.4 Å². The largest absolute Gasteiger partial charge is 0.326 e. The zero-order valence-electron chi connectivity index (χ0n) is 13.7. The lowest BCUT2D eigenvalue weighted by atomic mass is 9.95. The van der Waals surface area contributed by atoms with E-state index in [1.54, 1.807) is 0 Å². The molecule has 0 saturated carbocycles. The molecule has 1 saturated heterocycles. The van der Waals surface area contributed by atoms with Crippen molar-refractivity contribution in [3.63, 3.8) is 0 Å². The number of nitrogens with zero attached hydrogens (tertiary/aromatic N) is 3.